The van der Waals surface area contributed by atoms with Gasteiger partial charge < -0.3 is 19.1 Å². The quantitative estimate of drug-likeness (QED) is 0.770. The first-order valence-corrected chi connectivity index (χ1v) is 8.47. The molecule has 0 radical (unpaired) electrons. The number of nitrogens with zero attached hydrogens (tertiary/aromatic N) is 2. The molecule has 0 bridgehead atoms. The number of methoxy groups -OCH3 is 3. The molecule has 0 N–H and O–H groups in total. The fourth-order valence-corrected chi connectivity index (χ4v) is 3.32. The minimum absolute atomic E-state index is 0.680. The summed E-state index contributed by atoms with van der Waals surface area (Å²) in [5.41, 5.74) is 1.15. The van der Waals surface area contributed by atoms with Crippen molar-refractivity contribution in [2.75, 3.05) is 54.1 Å². The Morgan fingerprint density at radius 2 is 1.52 bits per heavy atom. The highest BCUT2D eigenvalue weighted by atomic mass is 16.5. The van der Waals surface area contributed by atoms with Crippen LogP contribution in [0, 0.1) is 5.92 Å². The Balaban J connectivity index is 1.63. The van der Waals surface area contributed by atoms with E-state index in [2.05, 4.69) is 15.9 Å². The zero-order valence-electron chi connectivity index (χ0n) is 14.5. The van der Waals surface area contributed by atoms with E-state index in [1.54, 1.807) is 21.3 Å². The zero-order chi connectivity index (χ0) is 16.2. The maximum atomic E-state index is 5.59. The van der Waals surface area contributed by atoms with Crippen LogP contribution in [0.25, 0.3) is 0 Å². The number of piperazine rings is 1. The summed E-state index contributed by atoms with van der Waals surface area (Å²) < 4.78 is 16.4. The lowest BCUT2D eigenvalue weighted by atomic mass is 10.1. The predicted molar refractivity (Wildman–Crippen MR) is 90.5 cm³/mol. The molecule has 1 aromatic rings. The normalized spacial score (nSPS) is 19.6. The van der Waals surface area contributed by atoms with Gasteiger partial charge in [0.05, 0.1) is 21.3 Å². The van der Waals surface area contributed by atoms with Crippen molar-refractivity contribution in [2.45, 2.75) is 19.4 Å². The van der Waals surface area contributed by atoms with Gasteiger partial charge in [0.15, 0.2) is 11.5 Å². The summed E-state index contributed by atoms with van der Waals surface area (Å²) in [7, 11) is 4.99. The van der Waals surface area contributed by atoms with Crippen molar-refractivity contribution in [3.63, 3.8) is 0 Å². The Morgan fingerprint density at radius 3 is 2.09 bits per heavy atom. The van der Waals surface area contributed by atoms with Crippen molar-refractivity contribution in [1.29, 1.82) is 0 Å². The fraction of sp³-hybridized carbons (Fsp3) is 0.667. The summed E-state index contributed by atoms with van der Waals surface area (Å²) in [6.45, 7) is 6.76. The Morgan fingerprint density at radius 1 is 0.870 bits per heavy atom. The van der Waals surface area contributed by atoms with Crippen LogP contribution in [0.15, 0.2) is 12.1 Å². The maximum Gasteiger partial charge on any atom is 0.203 e. The SMILES string of the molecule is COc1ccc(CN2CCN(CC3CC3)CC2)c(OC)c1OC. The molecule has 1 aromatic carbocycles. The van der Waals surface area contributed by atoms with Crippen LogP contribution >= 0.6 is 0 Å². The molecule has 2 fully saturated rings. The van der Waals surface area contributed by atoms with E-state index in [1.165, 1.54) is 32.5 Å². The van der Waals surface area contributed by atoms with Crippen molar-refractivity contribution in [2.24, 2.45) is 5.92 Å². The molecule has 0 atom stereocenters. The first-order valence-electron chi connectivity index (χ1n) is 8.47. The molecule has 23 heavy (non-hydrogen) atoms. The van der Waals surface area contributed by atoms with Gasteiger partial charge in [-0.1, -0.05) is 6.07 Å². The van der Waals surface area contributed by atoms with Crippen LogP contribution in [-0.2, 0) is 6.54 Å². The summed E-state index contributed by atoms with van der Waals surface area (Å²) in [6.07, 6.45) is 2.87. The molecule has 1 heterocycles. The van der Waals surface area contributed by atoms with Gasteiger partial charge in [0.25, 0.3) is 0 Å². The predicted octanol–water partition coefficient (Wildman–Crippen LogP) is 2.24. The van der Waals surface area contributed by atoms with E-state index in [-0.39, 0.29) is 0 Å². The van der Waals surface area contributed by atoms with Crippen molar-refractivity contribution >= 4 is 0 Å². The van der Waals surface area contributed by atoms with Gasteiger partial charge in [-0.25, -0.2) is 0 Å². The van der Waals surface area contributed by atoms with Crippen LogP contribution in [0.1, 0.15) is 18.4 Å². The Labute approximate surface area is 139 Å². The monoisotopic (exact) mass is 320 g/mol. The third-order valence-electron chi connectivity index (χ3n) is 4.86. The van der Waals surface area contributed by atoms with E-state index in [9.17, 15) is 0 Å². The number of rotatable bonds is 7. The van der Waals surface area contributed by atoms with Crippen LogP contribution in [0.2, 0.25) is 0 Å². The molecule has 1 saturated carbocycles. The molecular weight excluding hydrogens is 292 g/mol. The second-order valence-electron chi connectivity index (χ2n) is 6.51. The summed E-state index contributed by atoms with van der Waals surface area (Å²) in [6, 6.07) is 4.04. The molecule has 5 nitrogen and oxygen atoms in total. The second kappa shape index (κ2) is 7.41. The van der Waals surface area contributed by atoms with Crippen molar-refractivity contribution < 1.29 is 14.2 Å². The molecule has 0 unspecified atom stereocenters. The van der Waals surface area contributed by atoms with Crippen LogP contribution in [-0.4, -0.2) is 63.9 Å². The standard InChI is InChI=1S/C18H28N2O3/c1-21-16-7-6-15(17(22-2)18(16)23-3)13-20-10-8-19(9-11-20)12-14-4-5-14/h6-7,14H,4-5,8-13H2,1-3H3. The third kappa shape index (κ3) is 3.90. The molecule has 2 aliphatic rings. The fourth-order valence-electron chi connectivity index (χ4n) is 3.32. The van der Waals surface area contributed by atoms with Crippen LogP contribution < -0.4 is 14.2 Å². The summed E-state index contributed by atoms with van der Waals surface area (Å²) in [4.78, 5) is 5.10. The van der Waals surface area contributed by atoms with Crippen LogP contribution in [0.5, 0.6) is 17.2 Å². The van der Waals surface area contributed by atoms with Gasteiger partial charge in [-0.05, 0) is 24.8 Å². The van der Waals surface area contributed by atoms with E-state index in [4.69, 9.17) is 14.2 Å². The lowest BCUT2D eigenvalue weighted by molar-refractivity contribution is 0.122. The lowest BCUT2D eigenvalue weighted by Gasteiger charge is -2.35. The van der Waals surface area contributed by atoms with E-state index < -0.39 is 0 Å². The van der Waals surface area contributed by atoms with Crippen molar-refractivity contribution in [3.8, 4) is 17.2 Å². The highest BCUT2D eigenvalue weighted by Gasteiger charge is 2.27. The van der Waals surface area contributed by atoms with Crippen molar-refractivity contribution in [1.82, 2.24) is 9.80 Å². The van der Waals surface area contributed by atoms with E-state index in [0.29, 0.717) is 11.5 Å². The van der Waals surface area contributed by atoms with E-state index >= 15 is 0 Å². The third-order valence-corrected chi connectivity index (χ3v) is 4.86. The van der Waals surface area contributed by atoms with Crippen molar-refractivity contribution in [3.05, 3.63) is 17.7 Å². The molecular formula is C18H28N2O3. The average molecular weight is 320 g/mol. The molecule has 5 heteroatoms. The minimum Gasteiger partial charge on any atom is -0.493 e. The Hall–Kier alpha value is -1.46. The summed E-state index contributed by atoms with van der Waals surface area (Å²) >= 11 is 0. The van der Waals surface area contributed by atoms with Gasteiger partial charge in [-0.3, -0.25) is 4.90 Å². The van der Waals surface area contributed by atoms with Gasteiger partial charge in [-0.15, -0.1) is 0 Å². The molecule has 1 aliphatic carbocycles. The minimum atomic E-state index is 0.680. The summed E-state index contributed by atoms with van der Waals surface area (Å²) in [5, 5.41) is 0. The maximum absolute atomic E-state index is 5.59. The van der Waals surface area contributed by atoms with Gasteiger partial charge >= 0.3 is 0 Å². The van der Waals surface area contributed by atoms with E-state index in [1.807, 2.05) is 6.07 Å². The first kappa shape index (κ1) is 16.4. The molecule has 0 aromatic heterocycles. The zero-order valence-corrected chi connectivity index (χ0v) is 14.5. The second-order valence-corrected chi connectivity index (χ2v) is 6.51. The molecule has 128 valence electrons. The van der Waals surface area contributed by atoms with Gasteiger partial charge in [-0.2, -0.15) is 0 Å². The smallest absolute Gasteiger partial charge is 0.203 e. The van der Waals surface area contributed by atoms with Gasteiger partial charge in [0, 0.05) is 44.8 Å². The Bertz CT molecular complexity index is 523. The average Bonchev–Trinajstić information content (AvgIpc) is 3.40. The van der Waals surface area contributed by atoms with E-state index in [0.717, 1.165) is 36.9 Å². The molecule has 1 aliphatic heterocycles. The van der Waals surface area contributed by atoms with Crippen LogP contribution in [0.3, 0.4) is 0 Å². The number of ether oxygens (including phenoxy) is 3. The number of benzene rings is 1. The number of hydrogen-bond acceptors (Lipinski definition) is 5. The first-order chi connectivity index (χ1) is 11.2. The highest BCUT2D eigenvalue weighted by Crippen LogP contribution is 2.40. The Kier molecular flexibility index (Phi) is 5.28. The molecule has 1 saturated heterocycles. The molecule has 0 amide bonds. The highest BCUT2D eigenvalue weighted by molar-refractivity contribution is 5.55. The lowest BCUT2D eigenvalue weighted by Crippen LogP contribution is -2.46. The molecule has 3 rings (SSSR count). The van der Waals surface area contributed by atoms with Gasteiger partial charge in [0.2, 0.25) is 5.75 Å². The van der Waals surface area contributed by atoms with Crippen LogP contribution in [0.4, 0.5) is 0 Å². The summed E-state index contributed by atoms with van der Waals surface area (Å²) in [5.74, 6) is 3.15. The number of hydrogen-bond donors (Lipinski definition) is 0. The molecule has 0 spiro atoms. The largest absolute Gasteiger partial charge is 0.493 e. The van der Waals surface area contributed by atoms with Gasteiger partial charge in [0.1, 0.15) is 0 Å². The topological polar surface area (TPSA) is 34.2 Å².